The van der Waals surface area contributed by atoms with E-state index in [0.717, 1.165) is 4.47 Å². The number of hydrogen-bond acceptors (Lipinski definition) is 3. The molecule has 1 aliphatic rings. The fourth-order valence-corrected chi connectivity index (χ4v) is 1.89. The van der Waals surface area contributed by atoms with Gasteiger partial charge in [0.2, 0.25) is 0 Å². The van der Waals surface area contributed by atoms with Gasteiger partial charge in [-0.2, -0.15) is 0 Å². The molecule has 0 aromatic heterocycles. The number of hydrogen-bond donors (Lipinski definition) is 1. The molecule has 0 aliphatic carbocycles. The molecule has 1 unspecified atom stereocenters. The summed E-state index contributed by atoms with van der Waals surface area (Å²) in [7, 11) is 0. The van der Waals surface area contributed by atoms with Gasteiger partial charge < -0.3 is 9.84 Å². The number of Topliss-reactive ketones (excluding diaryl/α,β-unsaturated/α-hetero) is 1. The molecule has 15 heavy (non-hydrogen) atoms. The van der Waals surface area contributed by atoms with E-state index >= 15 is 0 Å². The first-order chi connectivity index (χ1) is 7.07. The van der Waals surface area contributed by atoms with Crippen LogP contribution in [0.4, 0.5) is 0 Å². The third kappa shape index (κ3) is 1.68. The highest BCUT2D eigenvalue weighted by atomic mass is 79.9. The van der Waals surface area contributed by atoms with Gasteiger partial charge in [-0.05, 0) is 25.1 Å². The van der Waals surface area contributed by atoms with Crippen LogP contribution >= 0.6 is 15.9 Å². The van der Waals surface area contributed by atoms with Crippen molar-refractivity contribution in [2.75, 3.05) is 13.2 Å². The van der Waals surface area contributed by atoms with E-state index in [1.165, 1.54) is 0 Å². The molecule has 2 rings (SSSR count). The summed E-state index contributed by atoms with van der Waals surface area (Å²) < 4.78 is 6.35. The van der Waals surface area contributed by atoms with Crippen molar-refractivity contribution in [2.24, 2.45) is 5.41 Å². The number of aliphatic hydroxyl groups excluding tert-OH is 1. The number of benzene rings is 1. The van der Waals surface area contributed by atoms with E-state index in [2.05, 4.69) is 15.9 Å². The molecule has 3 nitrogen and oxygen atoms in total. The molecule has 1 aromatic rings. The SMILES string of the molecule is CC1(CO)COc2cc(Br)ccc2C1=O. The smallest absolute Gasteiger partial charge is 0.178 e. The van der Waals surface area contributed by atoms with Gasteiger partial charge in [-0.25, -0.2) is 0 Å². The van der Waals surface area contributed by atoms with Crippen molar-refractivity contribution in [2.45, 2.75) is 6.92 Å². The van der Waals surface area contributed by atoms with E-state index in [1.54, 1.807) is 25.1 Å². The van der Waals surface area contributed by atoms with Gasteiger partial charge in [0.05, 0.1) is 17.6 Å². The Morgan fingerprint density at radius 2 is 2.33 bits per heavy atom. The third-order valence-electron chi connectivity index (χ3n) is 2.63. The Morgan fingerprint density at radius 1 is 1.60 bits per heavy atom. The molecule has 1 aromatic carbocycles. The van der Waals surface area contributed by atoms with Gasteiger partial charge in [0.1, 0.15) is 12.4 Å². The van der Waals surface area contributed by atoms with Crippen LogP contribution in [0.5, 0.6) is 5.75 Å². The van der Waals surface area contributed by atoms with Crippen LogP contribution in [-0.2, 0) is 0 Å². The number of carbonyl (C=O) groups excluding carboxylic acids is 1. The quantitative estimate of drug-likeness (QED) is 0.850. The minimum absolute atomic E-state index is 0.0567. The molecule has 0 spiro atoms. The van der Waals surface area contributed by atoms with Gasteiger partial charge >= 0.3 is 0 Å². The summed E-state index contributed by atoms with van der Waals surface area (Å²) in [5.74, 6) is 0.527. The Bertz CT molecular complexity index is 416. The molecule has 1 heterocycles. The monoisotopic (exact) mass is 270 g/mol. The molecule has 0 fully saturated rings. The van der Waals surface area contributed by atoms with Crippen LogP contribution in [-0.4, -0.2) is 24.1 Å². The highest BCUT2D eigenvalue weighted by Gasteiger charge is 2.39. The minimum atomic E-state index is -0.805. The first-order valence-corrected chi connectivity index (χ1v) is 5.44. The molecule has 80 valence electrons. The van der Waals surface area contributed by atoms with Crippen molar-refractivity contribution >= 4 is 21.7 Å². The van der Waals surface area contributed by atoms with Crippen molar-refractivity contribution in [1.29, 1.82) is 0 Å². The summed E-state index contributed by atoms with van der Waals surface area (Å²) in [6.07, 6.45) is 0. The minimum Gasteiger partial charge on any atom is -0.492 e. The van der Waals surface area contributed by atoms with Crippen molar-refractivity contribution < 1.29 is 14.6 Å². The normalized spacial score (nSPS) is 24.6. The first-order valence-electron chi connectivity index (χ1n) is 4.65. The number of carbonyl (C=O) groups is 1. The van der Waals surface area contributed by atoms with Crippen molar-refractivity contribution in [3.8, 4) is 5.75 Å². The van der Waals surface area contributed by atoms with E-state index in [4.69, 9.17) is 4.74 Å². The van der Waals surface area contributed by atoms with Gasteiger partial charge in [0.25, 0.3) is 0 Å². The second-order valence-electron chi connectivity index (χ2n) is 3.98. The highest BCUT2D eigenvalue weighted by molar-refractivity contribution is 9.10. The van der Waals surface area contributed by atoms with Gasteiger partial charge in [0.15, 0.2) is 5.78 Å². The number of halogens is 1. The molecule has 1 N–H and O–H groups in total. The molecule has 0 bridgehead atoms. The maximum Gasteiger partial charge on any atom is 0.178 e. The van der Waals surface area contributed by atoms with Crippen molar-refractivity contribution in [3.63, 3.8) is 0 Å². The molecular formula is C11H11BrO3. The lowest BCUT2D eigenvalue weighted by Crippen LogP contribution is -2.41. The maximum absolute atomic E-state index is 12.0. The fraction of sp³-hybridized carbons (Fsp3) is 0.364. The molecule has 1 aliphatic heterocycles. The largest absolute Gasteiger partial charge is 0.492 e. The second-order valence-corrected chi connectivity index (χ2v) is 4.89. The van der Waals surface area contributed by atoms with Crippen LogP contribution in [0.1, 0.15) is 17.3 Å². The van der Waals surface area contributed by atoms with Gasteiger partial charge in [-0.1, -0.05) is 15.9 Å². The zero-order valence-corrected chi connectivity index (χ0v) is 9.87. The standard InChI is InChI=1S/C11H11BrO3/c1-11(5-13)6-15-9-4-7(12)2-3-8(9)10(11)14/h2-4,13H,5-6H2,1H3. The zero-order valence-electron chi connectivity index (χ0n) is 8.29. The van der Waals surface area contributed by atoms with E-state index in [-0.39, 0.29) is 19.0 Å². The lowest BCUT2D eigenvalue weighted by molar-refractivity contribution is 0.0454. The average molecular weight is 271 g/mol. The van der Waals surface area contributed by atoms with E-state index in [9.17, 15) is 9.90 Å². The Balaban J connectivity index is 2.47. The molecule has 0 amide bonds. The molecule has 4 heteroatoms. The van der Waals surface area contributed by atoms with Gasteiger partial charge in [-0.3, -0.25) is 4.79 Å². The van der Waals surface area contributed by atoms with Crippen LogP contribution in [0.25, 0.3) is 0 Å². The zero-order chi connectivity index (χ0) is 11.1. The third-order valence-corrected chi connectivity index (χ3v) is 3.12. The summed E-state index contributed by atoms with van der Waals surface area (Å²) in [5, 5.41) is 9.19. The predicted octanol–water partition coefficient (Wildman–Crippen LogP) is 2.02. The topological polar surface area (TPSA) is 46.5 Å². The fourth-order valence-electron chi connectivity index (χ4n) is 1.55. The molecule has 0 saturated heterocycles. The number of ketones is 1. The van der Waals surface area contributed by atoms with Crippen molar-refractivity contribution in [3.05, 3.63) is 28.2 Å². The molecule has 0 saturated carbocycles. The Labute approximate surface area is 96.2 Å². The molecule has 0 radical (unpaired) electrons. The Morgan fingerprint density at radius 3 is 3.00 bits per heavy atom. The summed E-state index contributed by atoms with van der Waals surface area (Å²) >= 11 is 3.32. The van der Waals surface area contributed by atoms with E-state index < -0.39 is 5.41 Å². The number of rotatable bonds is 1. The van der Waals surface area contributed by atoms with Crippen LogP contribution in [0.3, 0.4) is 0 Å². The number of fused-ring (bicyclic) bond motifs is 1. The number of aliphatic hydroxyl groups is 1. The van der Waals surface area contributed by atoms with Crippen LogP contribution in [0.15, 0.2) is 22.7 Å². The van der Waals surface area contributed by atoms with Gasteiger partial charge in [0, 0.05) is 4.47 Å². The summed E-state index contributed by atoms with van der Waals surface area (Å²) in [5.41, 5.74) is -0.262. The highest BCUT2D eigenvalue weighted by Crippen LogP contribution is 2.35. The van der Waals surface area contributed by atoms with Gasteiger partial charge in [-0.15, -0.1) is 0 Å². The Hall–Kier alpha value is -0.870. The lowest BCUT2D eigenvalue weighted by atomic mass is 9.82. The summed E-state index contributed by atoms with van der Waals surface area (Å²) in [6, 6.07) is 5.28. The second kappa shape index (κ2) is 3.61. The molecule has 1 atom stereocenters. The lowest BCUT2D eigenvalue weighted by Gasteiger charge is -2.31. The Kier molecular flexibility index (Phi) is 2.56. The van der Waals surface area contributed by atoms with Crippen LogP contribution in [0, 0.1) is 5.41 Å². The van der Waals surface area contributed by atoms with Crippen LogP contribution < -0.4 is 4.74 Å². The van der Waals surface area contributed by atoms with E-state index in [0.29, 0.717) is 11.3 Å². The van der Waals surface area contributed by atoms with E-state index in [1.807, 2.05) is 0 Å². The first kappa shape index (κ1) is 10.6. The van der Waals surface area contributed by atoms with Crippen LogP contribution in [0.2, 0.25) is 0 Å². The maximum atomic E-state index is 12.0. The number of ether oxygens (including phenoxy) is 1. The van der Waals surface area contributed by atoms with Crippen molar-refractivity contribution in [1.82, 2.24) is 0 Å². The summed E-state index contributed by atoms with van der Waals surface area (Å²) in [4.78, 5) is 12.0. The summed E-state index contributed by atoms with van der Waals surface area (Å²) in [6.45, 7) is 1.74. The predicted molar refractivity (Wildman–Crippen MR) is 59.2 cm³/mol. The molecular weight excluding hydrogens is 260 g/mol. The average Bonchev–Trinajstić information content (AvgIpc) is 2.24.